The van der Waals surface area contributed by atoms with E-state index in [1.165, 1.54) is 24.5 Å². The van der Waals surface area contributed by atoms with Crippen LogP contribution in [0.1, 0.15) is 26.4 Å². The number of aromatic carboxylic acids is 1. The number of carboxylic acid groups (broad SMARTS) is 1. The fourth-order valence-electron chi connectivity index (χ4n) is 1.41. The third-order valence-electron chi connectivity index (χ3n) is 2.31. The molecule has 0 aliphatic rings. The molecule has 19 heavy (non-hydrogen) atoms. The van der Waals surface area contributed by atoms with Gasteiger partial charge in [-0.1, -0.05) is 18.2 Å². The standard InChI is InChI=1S/C12H10N4O3/c17-11(10-5-6-13-15-10)16-14-7-8-3-1-2-4-9(8)12(18)19/h1-7H,(H,13,15)(H,16,17)(H,18,19). The number of nitrogens with zero attached hydrogens (tertiary/aromatic N) is 2. The summed E-state index contributed by atoms with van der Waals surface area (Å²) < 4.78 is 0. The normalized spacial score (nSPS) is 10.5. The van der Waals surface area contributed by atoms with Crippen molar-refractivity contribution in [1.82, 2.24) is 15.6 Å². The zero-order chi connectivity index (χ0) is 13.7. The van der Waals surface area contributed by atoms with E-state index < -0.39 is 11.9 Å². The second-order valence-electron chi connectivity index (χ2n) is 3.56. The monoisotopic (exact) mass is 258 g/mol. The molecule has 0 bridgehead atoms. The van der Waals surface area contributed by atoms with E-state index in [0.717, 1.165) is 0 Å². The van der Waals surface area contributed by atoms with Gasteiger partial charge in [0.25, 0.3) is 5.91 Å². The molecule has 2 rings (SSSR count). The molecule has 0 saturated carbocycles. The van der Waals surface area contributed by atoms with Gasteiger partial charge in [-0.2, -0.15) is 10.2 Å². The quantitative estimate of drug-likeness (QED) is 0.558. The summed E-state index contributed by atoms with van der Waals surface area (Å²) >= 11 is 0. The van der Waals surface area contributed by atoms with E-state index >= 15 is 0 Å². The molecule has 7 nitrogen and oxygen atoms in total. The van der Waals surface area contributed by atoms with E-state index in [2.05, 4.69) is 20.7 Å². The summed E-state index contributed by atoms with van der Waals surface area (Å²) in [6, 6.07) is 7.85. The Kier molecular flexibility index (Phi) is 3.67. The SMILES string of the molecule is O=C(NN=Cc1ccccc1C(=O)O)c1ccn[nH]1. The fraction of sp³-hybridized carbons (Fsp3) is 0. The van der Waals surface area contributed by atoms with Crippen LogP contribution in [0.2, 0.25) is 0 Å². The van der Waals surface area contributed by atoms with E-state index in [4.69, 9.17) is 5.11 Å². The topological polar surface area (TPSA) is 107 Å². The molecular weight excluding hydrogens is 248 g/mol. The molecule has 0 radical (unpaired) electrons. The van der Waals surface area contributed by atoms with Crippen LogP contribution in [0.5, 0.6) is 0 Å². The number of aromatic amines is 1. The average Bonchev–Trinajstić information content (AvgIpc) is 2.93. The van der Waals surface area contributed by atoms with Crippen molar-refractivity contribution < 1.29 is 14.7 Å². The van der Waals surface area contributed by atoms with Crippen molar-refractivity contribution in [3.63, 3.8) is 0 Å². The van der Waals surface area contributed by atoms with Crippen LogP contribution in [0.25, 0.3) is 0 Å². The molecule has 0 aliphatic heterocycles. The Labute approximate surface area is 108 Å². The number of carbonyl (C=O) groups excluding carboxylic acids is 1. The van der Waals surface area contributed by atoms with Crippen molar-refractivity contribution >= 4 is 18.1 Å². The van der Waals surface area contributed by atoms with Gasteiger partial charge in [0.1, 0.15) is 5.69 Å². The predicted molar refractivity (Wildman–Crippen MR) is 67.0 cm³/mol. The number of benzene rings is 1. The van der Waals surface area contributed by atoms with Crippen LogP contribution in [-0.2, 0) is 0 Å². The van der Waals surface area contributed by atoms with Gasteiger partial charge in [0.15, 0.2) is 0 Å². The third-order valence-corrected chi connectivity index (χ3v) is 2.31. The maximum Gasteiger partial charge on any atom is 0.336 e. The van der Waals surface area contributed by atoms with Gasteiger partial charge in [0.05, 0.1) is 11.8 Å². The Morgan fingerprint density at radius 2 is 2.11 bits per heavy atom. The lowest BCUT2D eigenvalue weighted by molar-refractivity contribution is 0.0696. The third kappa shape index (κ3) is 3.03. The number of rotatable bonds is 4. The fourth-order valence-corrected chi connectivity index (χ4v) is 1.41. The number of amides is 1. The van der Waals surface area contributed by atoms with Crippen molar-refractivity contribution in [2.75, 3.05) is 0 Å². The average molecular weight is 258 g/mol. The molecule has 0 unspecified atom stereocenters. The molecule has 0 fully saturated rings. The van der Waals surface area contributed by atoms with Crippen molar-refractivity contribution in [2.45, 2.75) is 0 Å². The van der Waals surface area contributed by atoms with Crippen LogP contribution in [0.15, 0.2) is 41.6 Å². The highest BCUT2D eigenvalue weighted by molar-refractivity contribution is 5.99. The molecule has 96 valence electrons. The van der Waals surface area contributed by atoms with Crippen molar-refractivity contribution in [3.8, 4) is 0 Å². The number of H-pyrrole nitrogens is 1. The second-order valence-corrected chi connectivity index (χ2v) is 3.56. The lowest BCUT2D eigenvalue weighted by Gasteiger charge is -1.99. The second kappa shape index (κ2) is 5.58. The first-order valence-electron chi connectivity index (χ1n) is 5.33. The highest BCUT2D eigenvalue weighted by Crippen LogP contribution is 2.05. The van der Waals surface area contributed by atoms with E-state index in [1.807, 2.05) is 0 Å². The van der Waals surface area contributed by atoms with Gasteiger partial charge < -0.3 is 5.11 Å². The Balaban J connectivity index is 2.07. The van der Waals surface area contributed by atoms with Crippen LogP contribution in [0.4, 0.5) is 0 Å². The minimum atomic E-state index is -1.05. The van der Waals surface area contributed by atoms with E-state index in [1.54, 1.807) is 18.2 Å². The van der Waals surface area contributed by atoms with E-state index in [9.17, 15) is 9.59 Å². The molecule has 1 aromatic heterocycles. The summed E-state index contributed by atoms with van der Waals surface area (Å²) in [6.45, 7) is 0. The first-order valence-corrected chi connectivity index (χ1v) is 5.33. The molecule has 0 spiro atoms. The van der Waals surface area contributed by atoms with Gasteiger partial charge in [-0.25, -0.2) is 10.2 Å². The lowest BCUT2D eigenvalue weighted by atomic mass is 10.1. The Morgan fingerprint density at radius 3 is 2.79 bits per heavy atom. The van der Waals surface area contributed by atoms with Gasteiger partial charge >= 0.3 is 5.97 Å². The maximum absolute atomic E-state index is 11.5. The predicted octanol–water partition coefficient (Wildman–Crippen LogP) is 0.872. The molecule has 0 saturated heterocycles. The van der Waals surface area contributed by atoms with Crippen LogP contribution < -0.4 is 5.43 Å². The molecule has 0 atom stereocenters. The zero-order valence-corrected chi connectivity index (χ0v) is 9.70. The van der Waals surface area contributed by atoms with Crippen molar-refractivity contribution in [3.05, 3.63) is 53.3 Å². The summed E-state index contributed by atoms with van der Waals surface area (Å²) in [5.41, 5.74) is 3.05. The first-order chi connectivity index (χ1) is 9.18. The molecule has 1 aromatic carbocycles. The molecule has 2 aromatic rings. The largest absolute Gasteiger partial charge is 0.478 e. The van der Waals surface area contributed by atoms with Crippen LogP contribution >= 0.6 is 0 Å². The summed E-state index contributed by atoms with van der Waals surface area (Å²) in [7, 11) is 0. The minimum absolute atomic E-state index is 0.113. The number of hydrazone groups is 1. The van der Waals surface area contributed by atoms with Gasteiger partial charge in [0.2, 0.25) is 0 Å². The van der Waals surface area contributed by atoms with E-state index in [0.29, 0.717) is 5.56 Å². The summed E-state index contributed by atoms with van der Waals surface area (Å²) in [4.78, 5) is 22.4. The molecule has 1 amide bonds. The Morgan fingerprint density at radius 1 is 1.32 bits per heavy atom. The van der Waals surface area contributed by atoms with Gasteiger partial charge in [0, 0.05) is 11.8 Å². The number of carbonyl (C=O) groups is 2. The lowest BCUT2D eigenvalue weighted by Crippen LogP contribution is -2.18. The number of nitrogens with one attached hydrogen (secondary N) is 2. The minimum Gasteiger partial charge on any atom is -0.478 e. The Hall–Kier alpha value is -2.96. The Bertz CT molecular complexity index is 620. The molecule has 1 heterocycles. The van der Waals surface area contributed by atoms with Crippen LogP contribution in [0.3, 0.4) is 0 Å². The van der Waals surface area contributed by atoms with Crippen molar-refractivity contribution in [2.24, 2.45) is 5.10 Å². The molecule has 3 N–H and O–H groups in total. The summed E-state index contributed by atoms with van der Waals surface area (Å²) in [5, 5.41) is 18.8. The van der Waals surface area contributed by atoms with E-state index in [-0.39, 0.29) is 11.3 Å². The van der Waals surface area contributed by atoms with Crippen LogP contribution in [-0.4, -0.2) is 33.4 Å². The number of aromatic nitrogens is 2. The van der Waals surface area contributed by atoms with Crippen LogP contribution in [0, 0.1) is 0 Å². The molecular formula is C12H10N4O3. The van der Waals surface area contributed by atoms with Gasteiger partial charge in [-0.05, 0) is 12.1 Å². The van der Waals surface area contributed by atoms with Crippen molar-refractivity contribution in [1.29, 1.82) is 0 Å². The number of hydrogen-bond acceptors (Lipinski definition) is 4. The number of carboxylic acids is 1. The van der Waals surface area contributed by atoms with Gasteiger partial charge in [-0.3, -0.25) is 9.89 Å². The van der Waals surface area contributed by atoms with Gasteiger partial charge in [-0.15, -0.1) is 0 Å². The molecule has 7 heteroatoms. The summed E-state index contributed by atoms with van der Waals surface area (Å²) in [5.74, 6) is -1.51. The smallest absolute Gasteiger partial charge is 0.336 e. The highest BCUT2D eigenvalue weighted by atomic mass is 16.4. The summed E-state index contributed by atoms with van der Waals surface area (Å²) in [6.07, 6.45) is 2.72. The number of hydrogen-bond donors (Lipinski definition) is 3. The first kappa shape index (κ1) is 12.5. The maximum atomic E-state index is 11.5. The zero-order valence-electron chi connectivity index (χ0n) is 9.70. The molecule has 0 aliphatic carbocycles. The highest BCUT2D eigenvalue weighted by Gasteiger charge is 2.07.